The van der Waals surface area contributed by atoms with Crippen molar-refractivity contribution >= 4 is 51.8 Å². The number of alkyl halides is 1. The Morgan fingerprint density at radius 1 is 0.885 bits per heavy atom. The summed E-state index contributed by atoms with van der Waals surface area (Å²) in [5.41, 5.74) is 2.74. The van der Waals surface area contributed by atoms with Crippen molar-refractivity contribution in [3.8, 4) is 5.75 Å². The van der Waals surface area contributed by atoms with Crippen LogP contribution in [0.15, 0.2) is 47.5 Å². The monoisotopic (exact) mass is 834 g/mol. The van der Waals surface area contributed by atoms with Gasteiger partial charge in [0.25, 0.3) is 11.8 Å². The first kappa shape index (κ1) is 39.8. The number of carbonyl (C=O) groups is 4. The fourth-order valence-electron chi connectivity index (χ4n) is 10.1. The van der Waals surface area contributed by atoms with E-state index in [1.165, 1.54) is 0 Å². The highest BCUT2D eigenvalue weighted by molar-refractivity contribution is 6.23. The van der Waals surface area contributed by atoms with E-state index in [4.69, 9.17) is 9.73 Å². The number of anilines is 1. The molecule has 2 aromatic carbocycles. The average molecular weight is 835 g/mol. The van der Waals surface area contributed by atoms with Crippen LogP contribution in [-0.2, 0) is 9.59 Å². The number of hydrogen-bond donors (Lipinski definition) is 3. The SMILES string of the molecule is C[C@H]1CN(C2=NCNC(c3n[nH]c4ccc(OC5(C)CC5)cc34)=C2)CCN1CC1CCN(CC2(F)CCN(c3ccc4c(c3)C(=O)N(C3CCC(=O)NC3=O)C4=O)CC2)CC1. The molecule has 5 fully saturated rings. The van der Waals surface area contributed by atoms with Crippen molar-refractivity contribution in [3.05, 3.63) is 59.3 Å². The number of amides is 4. The molecule has 10 rings (SSSR count). The number of piperazine rings is 1. The van der Waals surface area contributed by atoms with Crippen LogP contribution >= 0.6 is 0 Å². The molecule has 61 heavy (non-hydrogen) atoms. The van der Waals surface area contributed by atoms with Crippen LogP contribution in [0.3, 0.4) is 0 Å². The molecular weight excluding hydrogens is 780 g/mol. The molecule has 4 saturated heterocycles. The summed E-state index contributed by atoms with van der Waals surface area (Å²) >= 11 is 0. The van der Waals surface area contributed by atoms with Crippen LogP contribution in [-0.4, -0.2) is 148 Å². The fourth-order valence-corrected chi connectivity index (χ4v) is 10.1. The lowest BCUT2D eigenvalue weighted by Crippen LogP contribution is -2.55. The summed E-state index contributed by atoms with van der Waals surface area (Å²) in [6, 6.07) is 10.6. The van der Waals surface area contributed by atoms with E-state index < -0.39 is 35.3 Å². The van der Waals surface area contributed by atoms with E-state index in [-0.39, 0.29) is 29.6 Å². The number of nitrogens with one attached hydrogen (secondary N) is 3. The van der Waals surface area contributed by atoms with Gasteiger partial charge in [0.1, 0.15) is 41.3 Å². The third-order valence-corrected chi connectivity index (χ3v) is 14.1. The molecule has 0 bridgehead atoms. The van der Waals surface area contributed by atoms with E-state index in [1.807, 2.05) is 12.1 Å². The molecule has 1 unspecified atom stereocenters. The van der Waals surface area contributed by atoms with Gasteiger partial charge in [-0.1, -0.05) is 0 Å². The van der Waals surface area contributed by atoms with Crippen molar-refractivity contribution in [2.75, 3.05) is 70.5 Å². The Balaban J connectivity index is 0.684. The first-order valence-corrected chi connectivity index (χ1v) is 22.1. The van der Waals surface area contributed by atoms with Gasteiger partial charge in [-0.15, -0.1) is 0 Å². The van der Waals surface area contributed by atoms with Crippen molar-refractivity contribution in [1.82, 2.24) is 40.4 Å². The molecule has 16 heteroatoms. The maximum atomic E-state index is 16.4. The highest BCUT2D eigenvalue weighted by atomic mass is 19.1. The molecule has 7 heterocycles. The summed E-state index contributed by atoms with van der Waals surface area (Å²) in [7, 11) is 0. The molecule has 2 atom stereocenters. The van der Waals surface area contributed by atoms with Gasteiger partial charge in [0.15, 0.2) is 0 Å². The number of likely N-dealkylation sites (tertiary alicyclic amines) is 1. The number of rotatable bonds is 9. The second-order valence-electron chi connectivity index (χ2n) is 18.6. The minimum absolute atomic E-state index is 0.0473. The minimum Gasteiger partial charge on any atom is -0.488 e. The van der Waals surface area contributed by atoms with E-state index in [0.717, 1.165) is 109 Å². The first-order chi connectivity index (χ1) is 29.4. The number of aromatic nitrogens is 2. The minimum atomic E-state index is -1.29. The number of hydrogen-bond acceptors (Lipinski definition) is 12. The smallest absolute Gasteiger partial charge is 0.262 e. The predicted molar refractivity (Wildman–Crippen MR) is 228 cm³/mol. The molecule has 0 spiro atoms. The van der Waals surface area contributed by atoms with E-state index in [0.29, 0.717) is 51.1 Å². The number of ether oxygens (including phenoxy) is 1. The van der Waals surface area contributed by atoms with Crippen molar-refractivity contribution in [2.24, 2.45) is 10.9 Å². The summed E-state index contributed by atoms with van der Waals surface area (Å²) in [4.78, 5) is 65.9. The Bertz CT molecular complexity index is 2320. The van der Waals surface area contributed by atoms with Crippen molar-refractivity contribution in [3.63, 3.8) is 0 Å². The molecule has 1 aliphatic carbocycles. The van der Waals surface area contributed by atoms with Crippen LogP contribution < -0.4 is 20.3 Å². The normalized spacial score (nSPS) is 25.9. The third kappa shape index (κ3) is 7.88. The Labute approximate surface area is 354 Å². The topological polar surface area (TPSA) is 159 Å². The van der Waals surface area contributed by atoms with E-state index in [2.05, 4.69) is 66.4 Å². The summed E-state index contributed by atoms with van der Waals surface area (Å²) in [5, 5.41) is 14.6. The summed E-state index contributed by atoms with van der Waals surface area (Å²) < 4.78 is 22.6. The van der Waals surface area contributed by atoms with Crippen LogP contribution in [0.4, 0.5) is 10.1 Å². The number of piperidine rings is 3. The zero-order valence-electron chi connectivity index (χ0n) is 35.1. The van der Waals surface area contributed by atoms with Gasteiger partial charge in [-0.05, 0) is 101 Å². The van der Waals surface area contributed by atoms with Crippen molar-refractivity contribution in [2.45, 2.75) is 88.6 Å². The number of H-pyrrole nitrogens is 1. The van der Waals surface area contributed by atoms with Gasteiger partial charge in [-0.2, -0.15) is 5.10 Å². The predicted octanol–water partition coefficient (Wildman–Crippen LogP) is 3.92. The molecule has 6 aliphatic heterocycles. The molecular formula is C45H55FN10O5. The van der Waals surface area contributed by atoms with Crippen molar-refractivity contribution < 1.29 is 28.3 Å². The van der Waals surface area contributed by atoms with Gasteiger partial charge in [0, 0.05) is 88.3 Å². The molecule has 0 radical (unpaired) electrons. The molecule has 15 nitrogen and oxygen atoms in total. The fraction of sp³-hybridized carbons (Fsp3) is 0.556. The second-order valence-corrected chi connectivity index (χ2v) is 18.6. The largest absolute Gasteiger partial charge is 0.488 e. The van der Waals surface area contributed by atoms with Gasteiger partial charge in [0.05, 0.1) is 22.3 Å². The lowest BCUT2D eigenvalue weighted by atomic mass is 9.89. The Kier molecular flexibility index (Phi) is 10.1. The third-order valence-electron chi connectivity index (χ3n) is 14.1. The molecule has 7 aliphatic rings. The Morgan fingerprint density at radius 3 is 2.43 bits per heavy atom. The molecule has 4 amide bonds. The number of benzene rings is 2. The molecule has 322 valence electrons. The number of halogens is 1. The van der Waals surface area contributed by atoms with Crippen LogP contribution in [0.25, 0.3) is 16.6 Å². The van der Waals surface area contributed by atoms with Gasteiger partial charge in [-0.25, -0.2) is 9.38 Å². The molecule has 3 N–H and O–H groups in total. The van der Waals surface area contributed by atoms with Gasteiger partial charge >= 0.3 is 0 Å². The number of aliphatic imine (C=N–C) groups is 1. The van der Waals surface area contributed by atoms with Crippen LogP contribution in [0.2, 0.25) is 0 Å². The number of amidine groups is 1. The maximum absolute atomic E-state index is 16.4. The number of nitrogens with zero attached hydrogens (tertiary/aromatic N) is 7. The number of fused-ring (bicyclic) bond motifs is 2. The zero-order chi connectivity index (χ0) is 42.0. The van der Waals surface area contributed by atoms with Gasteiger partial charge in [0.2, 0.25) is 11.8 Å². The number of imide groups is 2. The molecule has 3 aromatic rings. The van der Waals surface area contributed by atoms with Gasteiger partial charge < -0.3 is 24.8 Å². The van der Waals surface area contributed by atoms with E-state index in [9.17, 15) is 19.2 Å². The highest BCUT2D eigenvalue weighted by Crippen LogP contribution is 2.41. The Hall–Kier alpha value is -5.35. The van der Waals surface area contributed by atoms with E-state index >= 15 is 4.39 Å². The lowest BCUT2D eigenvalue weighted by Gasteiger charge is -2.44. The summed E-state index contributed by atoms with van der Waals surface area (Å²) in [6.45, 7) is 12.0. The lowest BCUT2D eigenvalue weighted by molar-refractivity contribution is -0.136. The van der Waals surface area contributed by atoms with E-state index in [1.54, 1.807) is 18.2 Å². The number of carbonyl (C=O) groups excluding carboxylic acids is 4. The Morgan fingerprint density at radius 2 is 1.67 bits per heavy atom. The summed E-state index contributed by atoms with van der Waals surface area (Å²) in [6.07, 6.45) is 7.36. The quantitative estimate of drug-likeness (QED) is 0.269. The first-order valence-electron chi connectivity index (χ1n) is 22.1. The highest BCUT2D eigenvalue weighted by Gasteiger charge is 2.45. The molecule has 1 aromatic heterocycles. The summed E-state index contributed by atoms with van der Waals surface area (Å²) in [5.74, 6) is 0.349. The molecule has 1 saturated carbocycles. The van der Waals surface area contributed by atoms with Gasteiger partial charge in [-0.3, -0.25) is 39.4 Å². The standard InChI is InChI=1S/C45H55FN10O5/c1-28-24-55(38-23-36(47-27-48-38)40-34-22-31(61-44(2)11-12-44)4-6-35(34)50-51-40)20-19-54(28)25-29-9-15-52(16-10-29)26-45(46)13-17-53(18-14-45)30-3-5-32-33(21-30)43(60)56(42(32)59)37-7-8-39(57)49-41(37)58/h3-6,21-23,28-29,37,47H,7-20,24-27H2,1-2H3,(H,50,51)(H,49,57,58)/t28-,37?/m0/s1. The maximum Gasteiger partial charge on any atom is 0.262 e. The average Bonchev–Trinajstić information content (AvgIpc) is 3.74. The van der Waals surface area contributed by atoms with Crippen LogP contribution in [0.5, 0.6) is 5.75 Å². The number of aromatic amines is 1. The van der Waals surface area contributed by atoms with Crippen LogP contribution in [0.1, 0.15) is 91.6 Å². The zero-order valence-corrected chi connectivity index (χ0v) is 35.1. The van der Waals surface area contributed by atoms with Crippen LogP contribution in [0, 0.1) is 5.92 Å². The second kappa shape index (κ2) is 15.5. The van der Waals surface area contributed by atoms with Crippen molar-refractivity contribution in [1.29, 1.82) is 0 Å².